The highest BCUT2D eigenvalue weighted by Crippen LogP contribution is 2.39. The van der Waals surface area contributed by atoms with Gasteiger partial charge in [-0.1, -0.05) is 24.3 Å². The highest BCUT2D eigenvalue weighted by Gasteiger charge is 2.22. The van der Waals surface area contributed by atoms with E-state index in [0.717, 1.165) is 35.1 Å². The molecule has 1 amide bonds. The summed E-state index contributed by atoms with van der Waals surface area (Å²) in [5, 5.41) is 0. The van der Waals surface area contributed by atoms with Crippen LogP contribution in [-0.4, -0.2) is 20.6 Å². The van der Waals surface area contributed by atoms with Crippen LogP contribution in [0.1, 0.15) is 20.8 Å². The molecule has 1 aromatic heterocycles. The third-order valence-electron chi connectivity index (χ3n) is 3.24. The first-order valence-electron chi connectivity index (χ1n) is 6.17. The molecule has 1 aromatic carbocycles. The number of carbonyl (C=O) groups is 1. The van der Waals surface area contributed by atoms with Crippen LogP contribution >= 0.6 is 11.3 Å². The molecule has 1 N–H and O–H groups in total. The molecule has 0 spiro atoms. The summed E-state index contributed by atoms with van der Waals surface area (Å²) in [7, 11) is -3.53. The monoisotopic (exact) mass is 307 g/mol. The smallest absolute Gasteiger partial charge is 0.267 e. The number of hydrogen-bond donors (Lipinski definition) is 1. The molecule has 0 unspecified atom stereocenters. The van der Waals surface area contributed by atoms with Gasteiger partial charge in [0.2, 0.25) is 10.0 Å². The maximum Gasteiger partial charge on any atom is 0.274 e. The molecule has 1 aliphatic rings. The van der Waals surface area contributed by atoms with Gasteiger partial charge in [0.15, 0.2) is 0 Å². The number of carbonyl (C=O) groups excluding carboxylic acids is 1. The van der Waals surface area contributed by atoms with Crippen molar-refractivity contribution in [1.29, 1.82) is 0 Å². The van der Waals surface area contributed by atoms with E-state index in [1.165, 1.54) is 16.9 Å². The third kappa shape index (κ3) is 2.48. The van der Waals surface area contributed by atoms with Crippen molar-refractivity contribution < 1.29 is 13.2 Å². The van der Waals surface area contributed by atoms with Crippen LogP contribution < -0.4 is 4.72 Å². The van der Waals surface area contributed by atoms with Crippen molar-refractivity contribution in [2.45, 2.75) is 12.8 Å². The van der Waals surface area contributed by atoms with Gasteiger partial charge < -0.3 is 0 Å². The molecular formula is C14H13NO3S2. The number of hydrogen-bond acceptors (Lipinski definition) is 4. The first-order valence-corrected chi connectivity index (χ1v) is 8.88. The van der Waals surface area contributed by atoms with Crippen LogP contribution in [0.2, 0.25) is 0 Å². The largest absolute Gasteiger partial charge is 0.274 e. The second-order valence-electron chi connectivity index (χ2n) is 4.83. The minimum atomic E-state index is -3.53. The molecule has 4 nitrogen and oxygen atoms in total. The van der Waals surface area contributed by atoms with Gasteiger partial charge in [-0.3, -0.25) is 4.79 Å². The summed E-state index contributed by atoms with van der Waals surface area (Å²) >= 11 is 1.35. The predicted octanol–water partition coefficient (Wildman–Crippen LogP) is 2.20. The lowest BCUT2D eigenvalue weighted by molar-refractivity contribution is 0.0985. The molecule has 0 bridgehead atoms. The van der Waals surface area contributed by atoms with E-state index in [2.05, 4.69) is 6.07 Å². The first kappa shape index (κ1) is 13.3. The molecule has 1 heterocycles. The van der Waals surface area contributed by atoms with Crippen LogP contribution in [0.4, 0.5) is 0 Å². The lowest BCUT2D eigenvalue weighted by atomic mass is 9.91. The van der Waals surface area contributed by atoms with Crippen molar-refractivity contribution in [2.75, 3.05) is 6.26 Å². The van der Waals surface area contributed by atoms with Crippen molar-refractivity contribution in [3.05, 3.63) is 46.3 Å². The van der Waals surface area contributed by atoms with E-state index in [4.69, 9.17) is 0 Å². The van der Waals surface area contributed by atoms with Crippen LogP contribution in [0.15, 0.2) is 30.3 Å². The maximum absolute atomic E-state index is 11.9. The molecule has 0 radical (unpaired) electrons. The fraction of sp³-hybridized carbons (Fsp3) is 0.214. The second-order valence-corrected chi connectivity index (χ2v) is 7.63. The molecule has 3 rings (SSSR count). The number of amides is 1. The maximum atomic E-state index is 11.9. The van der Waals surface area contributed by atoms with Crippen molar-refractivity contribution in [2.24, 2.45) is 0 Å². The zero-order valence-electron chi connectivity index (χ0n) is 10.8. The summed E-state index contributed by atoms with van der Waals surface area (Å²) in [4.78, 5) is 13.4. The van der Waals surface area contributed by atoms with E-state index in [1.54, 1.807) is 6.07 Å². The van der Waals surface area contributed by atoms with Gasteiger partial charge in [-0.15, -0.1) is 11.3 Å². The topological polar surface area (TPSA) is 63.2 Å². The Morgan fingerprint density at radius 3 is 2.65 bits per heavy atom. The average Bonchev–Trinajstić information content (AvgIpc) is 2.81. The van der Waals surface area contributed by atoms with Gasteiger partial charge in [0.1, 0.15) is 0 Å². The lowest BCUT2D eigenvalue weighted by Gasteiger charge is -2.15. The summed E-state index contributed by atoms with van der Waals surface area (Å²) in [5.74, 6) is -0.551. The lowest BCUT2D eigenvalue weighted by Crippen LogP contribution is -2.28. The van der Waals surface area contributed by atoms with E-state index < -0.39 is 15.9 Å². The Balaban J connectivity index is 2.01. The van der Waals surface area contributed by atoms with E-state index in [-0.39, 0.29) is 0 Å². The Labute approximate surface area is 121 Å². The minimum Gasteiger partial charge on any atom is -0.267 e. The number of nitrogens with one attached hydrogen (secondary N) is 1. The molecule has 20 heavy (non-hydrogen) atoms. The number of sulfonamides is 1. The predicted molar refractivity (Wildman–Crippen MR) is 79.5 cm³/mol. The quantitative estimate of drug-likeness (QED) is 0.925. The van der Waals surface area contributed by atoms with Crippen LogP contribution in [0.5, 0.6) is 0 Å². The van der Waals surface area contributed by atoms with Crippen molar-refractivity contribution in [1.82, 2.24) is 4.72 Å². The van der Waals surface area contributed by atoms with Crippen LogP contribution in [0.3, 0.4) is 0 Å². The van der Waals surface area contributed by atoms with Gasteiger partial charge in [0, 0.05) is 4.88 Å². The Kier molecular flexibility index (Phi) is 3.14. The molecule has 0 saturated heterocycles. The number of aryl methyl sites for hydroxylation is 2. The van der Waals surface area contributed by atoms with Crippen LogP contribution in [-0.2, 0) is 22.9 Å². The van der Waals surface area contributed by atoms with Gasteiger partial charge in [-0.25, -0.2) is 13.1 Å². The Bertz CT molecular complexity index is 791. The number of benzene rings is 1. The second kappa shape index (κ2) is 4.71. The zero-order valence-corrected chi connectivity index (χ0v) is 12.5. The van der Waals surface area contributed by atoms with E-state index in [9.17, 15) is 13.2 Å². The summed E-state index contributed by atoms with van der Waals surface area (Å²) in [5.41, 5.74) is 3.54. The van der Waals surface area contributed by atoms with Crippen molar-refractivity contribution in [3.63, 3.8) is 0 Å². The standard InChI is InChI=1S/C14H13NO3S2/c1-20(17,18)15-14(16)12-8-10-7-6-9-4-2-3-5-11(9)13(10)19-12/h2-5,8H,6-7H2,1H3,(H,15,16). The molecule has 0 fully saturated rings. The third-order valence-corrected chi connectivity index (χ3v) is 5.00. The SMILES string of the molecule is CS(=O)(=O)NC(=O)c1cc2c(s1)-c1ccccc1CC2. The van der Waals surface area contributed by atoms with Gasteiger partial charge in [0.25, 0.3) is 5.91 Å². The van der Waals surface area contributed by atoms with E-state index >= 15 is 0 Å². The van der Waals surface area contributed by atoms with Gasteiger partial charge in [-0.2, -0.15) is 0 Å². The Hall–Kier alpha value is -1.66. The molecule has 104 valence electrons. The highest BCUT2D eigenvalue weighted by molar-refractivity contribution is 7.89. The van der Waals surface area contributed by atoms with Gasteiger partial charge in [-0.05, 0) is 35.6 Å². The van der Waals surface area contributed by atoms with Crippen LogP contribution in [0.25, 0.3) is 10.4 Å². The Morgan fingerprint density at radius 1 is 1.20 bits per heavy atom. The molecule has 1 aliphatic carbocycles. The minimum absolute atomic E-state index is 0.442. The van der Waals surface area contributed by atoms with Crippen molar-refractivity contribution in [3.8, 4) is 10.4 Å². The van der Waals surface area contributed by atoms with Gasteiger partial charge in [0.05, 0.1) is 11.1 Å². The van der Waals surface area contributed by atoms with Crippen molar-refractivity contribution >= 4 is 27.3 Å². The Morgan fingerprint density at radius 2 is 1.90 bits per heavy atom. The highest BCUT2D eigenvalue weighted by atomic mass is 32.2. The summed E-state index contributed by atoms with van der Waals surface area (Å²) < 4.78 is 24.3. The molecule has 6 heteroatoms. The average molecular weight is 307 g/mol. The van der Waals surface area contributed by atoms with E-state index in [0.29, 0.717) is 4.88 Å². The fourth-order valence-corrected chi connectivity index (χ4v) is 4.08. The number of thiophene rings is 1. The fourth-order valence-electron chi connectivity index (χ4n) is 2.40. The zero-order chi connectivity index (χ0) is 14.3. The molecule has 2 aromatic rings. The normalized spacial score (nSPS) is 13.4. The molecular weight excluding hydrogens is 294 g/mol. The molecule has 0 saturated carbocycles. The number of rotatable bonds is 2. The molecule has 0 aliphatic heterocycles. The van der Waals surface area contributed by atoms with Gasteiger partial charge >= 0.3 is 0 Å². The van der Waals surface area contributed by atoms with E-state index in [1.807, 2.05) is 22.9 Å². The molecule has 0 atom stereocenters. The first-order chi connectivity index (χ1) is 9.44. The summed E-state index contributed by atoms with van der Waals surface area (Å²) in [6.07, 6.45) is 2.82. The summed E-state index contributed by atoms with van der Waals surface area (Å²) in [6, 6.07) is 9.92. The van der Waals surface area contributed by atoms with Crippen LogP contribution in [0, 0.1) is 0 Å². The number of fused-ring (bicyclic) bond motifs is 3. The summed E-state index contributed by atoms with van der Waals surface area (Å²) in [6.45, 7) is 0.